The lowest BCUT2D eigenvalue weighted by molar-refractivity contribution is 0.192. The van der Waals surface area contributed by atoms with Crippen LogP contribution in [0, 0.1) is 0 Å². The highest BCUT2D eigenvalue weighted by molar-refractivity contribution is 7.93. The van der Waals surface area contributed by atoms with Crippen LogP contribution < -0.4 is 5.73 Å². The van der Waals surface area contributed by atoms with Gasteiger partial charge in [-0.2, -0.15) is 0 Å². The van der Waals surface area contributed by atoms with Crippen LogP contribution in [-0.4, -0.2) is 24.0 Å². The summed E-state index contributed by atoms with van der Waals surface area (Å²) in [6.45, 7) is 1.48. The van der Waals surface area contributed by atoms with Crippen molar-refractivity contribution in [1.82, 2.24) is 0 Å². The zero-order valence-electron chi connectivity index (χ0n) is 8.80. The molecule has 6 heteroatoms. The van der Waals surface area contributed by atoms with Crippen molar-refractivity contribution in [3.05, 3.63) is 29.8 Å². The Balaban J connectivity index is 2.99. The van der Waals surface area contributed by atoms with Gasteiger partial charge in [-0.05, 0) is 17.7 Å². The Hall–Kier alpha value is -0.780. The summed E-state index contributed by atoms with van der Waals surface area (Å²) in [5, 5.41) is 9.81. The van der Waals surface area contributed by atoms with Crippen molar-refractivity contribution in [3.8, 4) is 0 Å². The summed E-state index contributed by atoms with van der Waals surface area (Å²) in [6, 6.07) is 6.37. The van der Waals surface area contributed by atoms with Gasteiger partial charge in [0.1, 0.15) is 6.10 Å². The maximum Gasteiger partial charge on any atom is 0.169 e. The fourth-order valence-corrected chi connectivity index (χ4v) is 2.64. The molecule has 0 aromatic heterocycles. The molecule has 0 radical (unpaired) electrons. The van der Waals surface area contributed by atoms with Gasteiger partial charge in [0, 0.05) is 11.4 Å². The third-order valence-electron chi connectivity index (χ3n) is 2.25. The normalized spacial score (nSPS) is 15.7. The van der Waals surface area contributed by atoms with Crippen molar-refractivity contribution < 1.29 is 13.5 Å². The summed E-state index contributed by atoms with van der Waals surface area (Å²) in [5.41, 5.74) is 6.39. The zero-order chi connectivity index (χ0) is 12.3. The fraction of sp³-hybridized carbons (Fsp3) is 0.400. The van der Waals surface area contributed by atoms with Gasteiger partial charge < -0.3 is 10.8 Å². The van der Waals surface area contributed by atoms with Crippen molar-refractivity contribution in [2.75, 3.05) is 11.5 Å². The lowest BCUT2D eigenvalue weighted by Crippen LogP contribution is -2.24. The molecule has 2 unspecified atom stereocenters. The van der Waals surface area contributed by atoms with Gasteiger partial charge in [-0.25, -0.2) is 8.42 Å². The van der Waals surface area contributed by atoms with Gasteiger partial charge in [0.2, 0.25) is 0 Å². The largest absolute Gasteiger partial charge is 0.399 e. The third-order valence-corrected chi connectivity index (χ3v) is 5.05. The van der Waals surface area contributed by atoms with Gasteiger partial charge in [-0.1, -0.05) is 19.1 Å². The number of hydrogen-bond acceptors (Lipinski definition) is 4. The van der Waals surface area contributed by atoms with Gasteiger partial charge in [0.05, 0.1) is 0 Å². The molecular weight excluding hydrogens is 250 g/mol. The average molecular weight is 264 g/mol. The van der Waals surface area contributed by atoms with Gasteiger partial charge >= 0.3 is 0 Å². The summed E-state index contributed by atoms with van der Waals surface area (Å²) < 4.78 is 21.6. The smallest absolute Gasteiger partial charge is 0.169 e. The van der Waals surface area contributed by atoms with Crippen LogP contribution in [0.2, 0.25) is 0 Å². The van der Waals surface area contributed by atoms with E-state index in [4.69, 9.17) is 17.3 Å². The number of alkyl halides is 1. The molecule has 90 valence electrons. The van der Waals surface area contributed by atoms with Gasteiger partial charge in [-0.3, -0.25) is 0 Å². The number of halogens is 1. The SMILES string of the molecule is CCS(=O)(=O)C(Cl)C(O)c1cccc(N)c1. The second-order valence-electron chi connectivity index (χ2n) is 3.42. The van der Waals surface area contributed by atoms with E-state index in [0.717, 1.165) is 0 Å². The lowest BCUT2D eigenvalue weighted by Gasteiger charge is -2.17. The molecule has 1 rings (SSSR count). The van der Waals surface area contributed by atoms with Gasteiger partial charge in [0.25, 0.3) is 0 Å². The minimum atomic E-state index is -3.48. The number of aliphatic hydroxyl groups is 1. The molecule has 0 aliphatic carbocycles. The van der Waals surface area contributed by atoms with E-state index in [1.54, 1.807) is 18.2 Å². The minimum absolute atomic E-state index is 0.111. The van der Waals surface area contributed by atoms with Crippen LogP contribution in [0.3, 0.4) is 0 Å². The molecule has 0 bridgehead atoms. The van der Waals surface area contributed by atoms with Crippen LogP contribution in [0.1, 0.15) is 18.6 Å². The van der Waals surface area contributed by atoms with E-state index in [-0.39, 0.29) is 5.75 Å². The molecule has 0 aliphatic rings. The van der Waals surface area contributed by atoms with E-state index in [0.29, 0.717) is 11.3 Å². The number of aliphatic hydroxyl groups excluding tert-OH is 1. The molecule has 0 aliphatic heterocycles. The van der Waals surface area contributed by atoms with Crippen molar-refractivity contribution >= 4 is 27.1 Å². The number of hydrogen-bond donors (Lipinski definition) is 2. The lowest BCUT2D eigenvalue weighted by atomic mass is 10.1. The first kappa shape index (κ1) is 13.3. The summed E-state index contributed by atoms with van der Waals surface area (Å²) in [5.74, 6) is -0.111. The number of nitrogen functional groups attached to an aromatic ring is 1. The van der Waals surface area contributed by atoms with Crippen molar-refractivity contribution in [2.45, 2.75) is 17.7 Å². The van der Waals surface area contributed by atoms with Gasteiger partial charge in [0.15, 0.2) is 14.5 Å². The highest BCUT2D eigenvalue weighted by atomic mass is 35.5. The standard InChI is InChI=1S/C10H14ClNO3S/c1-2-16(14,15)10(11)9(13)7-4-3-5-8(12)6-7/h3-6,9-10,13H,2,12H2,1H3. The Bertz CT molecular complexity index is 461. The Morgan fingerprint density at radius 2 is 2.12 bits per heavy atom. The zero-order valence-corrected chi connectivity index (χ0v) is 10.4. The number of nitrogens with two attached hydrogens (primary N) is 1. The van der Waals surface area contributed by atoms with Gasteiger partial charge in [-0.15, -0.1) is 11.6 Å². The van der Waals surface area contributed by atoms with Crippen LogP contribution >= 0.6 is 11.6 Å². The van der Waals surface area contributed by atoms with Crippen LogP contribution in [0.4, 0.5) is 5.69 Å². The molecule has 16 heavy (non-hydrogen) atoms. The second-order valence-corrected chi connectivity index (χ2v) is 6.56. The molecule has 0 saturated heterocycles. The molecule has 0 spiro atoms. The van der Waals surface area contributed by atoms with Crippen LogP contribution in [0.15, 0.2) is 24.3 Å². The maximum atomic E-state index is 11.5. The summed E-state index contributed by atoms with van der Waals surface area (Å²) in [7, 11) is -3.48. The van der Waals surface area contributed by atoms with Crippen LogP contribution in [-0.2, 0) is 9.84 Å². The molecule has 3 N–H and O–H groups in total. The number of sulfone groups is 1. The van der Waals surface area contributed by atoms with E-state index < -0.39 is 20.7 Å². The molecular formula is C10H14ClNO3S. The minimum Gasteiger partial charge on any atom is -0.399 e. The highest BCUT2D eigenvalue weighted by Crippen LogP contribution is 2.26. The molecule has 0 amide bonds. The first-order valence-electron chi connectivity index (χ1n) is 4.77. The van der Waals surface area contributed by atoms with Crippen LogP contribution in [0.5, 0.6) is 0 Å². The third kappa shape index (κ3) is 2.87. The molecule has 4 nitrogen and oxygen atoms in total. The Morgan fingerprint density at radius 3 is 2.62 bits per heavy atom. The average Bonchev–Trinajstić information content (AvgIpc) is 2.27. The number of anilines is 1. The highest BCUT2D eigenvalue weighted by Gasteiger charge is 2.29. The predicted molar refractivity (Wildman–Crippen MR) is 64.9 cm³/mol. The topological polar surface area (TPSA) is 80.4 Å². The summed E-state index contributed by atoms with van der Waals surface area (Å²) in [6.07, 6.45) is -1.27. The molecule has 1 aromatic carbocycles. The second kappa shape index (κ2) is 5.03. The molecule has 0 heterocycles. The Labute approximate surface area is 100.0 Å². The van der Waals surface area contributed by atoms with Crippen molar-refractivity contribution in [2.24, 2.45) is 0 Å². The van der Waals surface area contributed by atoms with Crippen molar-refractivity contribution in [1.29, 1.82) is 0 Å². The Kier molecular flexibility index (Phi) is 4.18. The summed E-state index contributed by atoms with van der Waals surface area (Å²) >= 11 is 5.73. The van der Waals surface area contributed by atoms with E-state index >= 15 is 0 Å². The first-order valence-corrected chi connectivity index (χ1v) is 6.93. The molecule has 0 saturated carbocycles. The van der Waals surface area contributed by atoms with Crippen LogP contribution in [0.25, 0.3) is 0 Å². The Morgan fingerprint density at radius 1 is 1.50 bits per heavy atom. The molecule has 1 aromatic rings. The number of rotatable bonds is 4. The predicted octanol–water partition coefficient (Wildman–Crippen LogP) is 1.30. The van der Waals surface area contributed by atoms with E-state index in [9.17, 15) is 13.5 Å². The quantitative estimate of drug-likeness (QED) is 0.634. The number of benzene rings is 1. The first-order chi connectivity index (χ1) is 7.38. The van der Waals surface area contributed by atoms with E-state index in [2.05, 4.69) is 0 Å². The molecule has 2 atom stereocenters. The monoisotopic (exact) mass is 263 g/mol. The van der Waals surface area contributed by atoms with E-state index in [1.807, 2.05) is 0 Å². The fourth-order valence-electron chi connectivity index (χ4n) is 1.25. The molecule has 0 fully saturated rings. The summed E-state index contributed by atoms with van der Waals surface area (Å²) in [4.78, 5) is 0. The maximum absolute atomic E-state index is 11.5. The van der Waals surface area contributed by atoms with Crippen molar-refractivity contribution in [3.63, 3.8) is 0 Å². The van der Waals surface area contributed by atoms with E-state index in [1.165, 1.54) is 13.0 Å².